The molecule has 1 atom stereocenters. The van der Waals surface area contributed by atoms with Gasteiger partial charge in [0.25, 0.3) is 0 Å². The standard InChI is InChI=1S/C61H40N2/c1-4-15-40(16-5-1)42-27-31-48(32-28-42)63-57-26-13-12-24-50(57)55-38-56-54-37-45(30-34-58(54)62(60(56)39-59(55)63)47-21-8-3-9-22-47)44-29-33-52-53(36-44)49-23-10-11-25-51(49)61(52)46-20-14-19-43(35-46)41-17-6-2-7-18-41/h1-39,61H. The van der Waals surface area contributed by atoms with E-state index in [4.69, 9.17) is 0 Å². The maximum absolute atomic E-state index is 2.45. The minimum Gasteiger partial charge on any atom is -0.309 e. The van der Waals surface area contributed by atoms with Crippen LogP contribution in [0.25, 0.3) is 99.5 Å². The van der Waals surface area contributed by atoms with E-state index in [-0.39, 0.29) is 5.92 Å². The molecule has 1 unspecified atom stereocenters. The van der Waals surface area contributed by atoms with Crippen LogP contribution < -0.4 is 0 Å². The van der Waals surface area contributed by atoms with Crippen LogP contribution in [0.2, 0.25) is 0 Å². The van der Waals surface area contributed by atoms with Crippen molar-refractivity contribution in [2.45, 2.75) is 5.92 Å². The van der Waals surface area contributed by atoms with Gasteiger partial charge in [-0.25, -0.2) is 0 Å². The number of para-hydroxylation sites is 2. The fraction of sp³-hybridized carbons (Fsp3) is 0.0164. The van der Waals surface area contributed by atoms with E-state index in [9.17, 15) is 0 Å². The summed E-state index contributed by atoms with van der Waals surface area (Å²) in [6, 6.07) is 87.2. The van der Waals surface area contributed by atoms with Gasteiger partial charge in [-0.1, -0.05) is 176 Å². The SMILES string of the molecule is c1ccc(-c2ccc(-n3c4ccccc4c4cc5c6cc(-c7ccc8c(c7)-c7ccccc7C8c7cccc(-c8ccccc8)c7)ccc6n(-c6ccccc6)c5cc43)cc2)cc1. The van der Waals surface area contributed by atoms with Crippen molar-refractivity contribution in [3.63, 3.8) is 0 Å². The number of nitrogens with zero attached hydrogens (tertiary/aromatic N) is 2. The molecule has 2 aromatic heterocycles. The molecule has 0 saturated heterocycles. The zero-order valence-electron chi connectivity index (χ0n) is 34.5. The average molecular weight is 801 g/mol. The molecule has 0 saturated carbocycles. The van der Waals surface area contributed by atoms with Crippen molar-refractivity contribution in [2.75, 3.05) is 0 Å². The molecular formula is C61H40N2. The maximum atomic E-state index is 2.45. The van der Waals surface area contributed by atoms with Gasteiger partial charge in [0.15, 0.2) is 0 Å². The molecule has 2 heteroatoms. The summed E-state index contributed by atoms with van der Waals surface area (Å²) in [7, 11) is 0. The van der Waals surface area contributed by atoms with Gasteiger partial charge < -0.3 is 9.13 Å². The van der Waals surface area contributed by atoms with Crippen molar-refractivity contribution in [3.8, 4) is 55.9 Å². The van der Waals surface area contributed by atoms with Gasteiger partial charge in [0.05, 0.1) is 22.1 Å². The number of rotatable bonds is 6. The Morgan fingerprint density at radius 1 is 0.254 bits per heavy atom. The quantitative estimate of drug-likeness (QED) is 0.159. The zero-order chi connectivity index (χ0) is 41.4. The Labute approximate surface area is 366 Å². The lowest BCUT2D eigenvalue weighted by Gasteiger charge is -2.16. The lowest BCUT2D eigenvalue weighted by atomic mass is 9.87. The molecule has 0 spiro atoms. The Kier molecular flexibility index (Phi) is 8.01. The van der Waals surface area contributed by atoms with Crippen molar-refractivity contribution in [2.24, 2.45) is 0 Å². The van der Waals surface area contributed by atoms with E-state index < -0.39 is 0 Å². The van der Waals surface area contributed by atoms with E-state index in [0.717, 1.165) is 11.4 Å². The van der Waals surface area contributed by atoms with Crippen molar-refractivity contribution in [1.29, 1.82) is 0 Å². The number of hydrogen-bond acceptors (Lipinski definition) is 0. The van der Waals surface area contributed by atoms with Crippen LogP contribution in [0.1, 0.15) is 22.6 Å². The fourth-order valence-corrected chi connectivity index (χ4v) is 10.5. The van der Waals surface area contributed by atoms with Crippen LogP contribution in [0, 0.1) is 0 Å². The number of fused-ring (bicyclic) bond motifs is 9. The first-order valence-electron chi connectivity index (χ1n) is 21.9. The highest BCUT2D eigenvalue weighted by Crippen LogP contribution is 2.50. The smallest absolute Gasteiger partial charge is 0.0562 e. The van der Waals surface area contributed by atoms with Crippen molar-refractivity contribution in [1.82, 2.24) is 9.13 Å². The predicted molar refractivity (Wildman–Crippen MR) is 264 cm³/mol. The Bertz CT molecular complexity index is 3710. The summed E-state index contributed by atoms with van der Waals surface area (Å²) in [5.74, 6) is 0.173. The zero-order valence-corrected chi connectivity index (χ0v) is 34.5. The summed E-state index contributed by atoms with van der Waals surface area (Å²) in [6.07, 6.45) is 0. The van der Waals surface area contributed by atoms with E-state index in [2.05, 4.69) is 246 Å². The lowest BCUT2D eigenvalue weighted by Crippen LogP contribution is -1.99. The minimum atomic E-state index is 0.173. The maximum Gasteiger partial charge on any atom is 0.0562 e. The summed E-state index contributed by atoms with van der Waals surface area (Å²) in [5, 5.41) is 4.99. The molecule has 1 aliphatic carbocycles. The highest BCUT2D eigenvalue weighted by atomic mass is 15.0. The molecule has 1 aliphatic rings. The molecule has 0 aliphatic heterocycles. The third-order valence-corrected chi connectivity index (χ3v) is 13.4. The summed E-state index contributed by atoms with van der Waals surface area (Å²) in [4.78, 5) is 0. The summed E-state index contributed by atoms with van der Waals surface area (Å²) < 4.78 is 4.88. The highest BCUT2D eigenvalue weighted by molar-refractivity contribution is 6.19. The second kappa shape index (κ2) is 14.2. The van der Waals surface area contributed by atoms with Crippen molar-refractivity contribution in [3.05, 3.63) is 253 Å². The first-order valence-corrected chi connectivity index (χ1v) is 21.9. The molecule has 0 N–H and O–H groups in total. The van der Waals surface area contributed by atoms with Gasteiger partial charge in [0.1, 0.15) is 0 Å². The molecular weight excluding hydrogens is 761 g/mol. The van der Waals surface area contributed by atoms with Gasteiger partial charge in [-0.05, 0) is 122 Å². The Morgan fingerprint density at radius 2 is 0.762 bits per heavy atom. The Morgan fingerprint density at radius 3 is 1.54 bits per heavy atom. The minimum absolute atomic E-state index is 0.173. The molecule has 12 aromatic rings. The Balaban J connectivity index is 0.980. The molecule has 0 amide bonds. The average Bonchev–Trinajstić information content (AvgIpc) is 3.99. The third kappa shape index (κ3) is 5.65. The van der Waals surface area contributed by atoms with Gasteiger partial charge in [0.2, 0.25) is 0 Å². The third-order valence-electron chi connectivity index (χ3n) is 13.4. The summed E-state index contributed by atoms with van der Waals surface area (Å²) >= 11 is 0. The molecule has 0 bridgehead atoms. The largest absolute Gasteiger partial charge is 0.309 e. The Hall–Kier alpha value is -8.20. The van der Waals surface area contributed by atoms with E-state index >= 15 is 0 Å². The van der Waals surface area contributed by atoms with E-state index in [1.54, 1.807) is 0 Å². The number of aromatic nitrogens is 2. The van der Waals surface area contributed by atoms with Gasteiger partial charge >= 0.3 is 0 Å². The monoisotopic (exact) mass is 800 g/mol. The normalized spacial score (nSPS) is 13.2. The van der Waals surface area contributed by atoms with E-state index in [1.165, 1.54) is 105 Å². The molecule has 0 fully saturated rings. The molecule has 13 rings (SSSR count). The van der Waals surface area contributed by atoms with Gasteiger partial charge in [0, 0.05) is 38.8 Å². The molecule has 10 aromatic carbocycles. The van der Waals surface area contributed by atoms with Crippen LogP contribution in [0.4, 0.5) is 0 Å². The van der Waals surface area contributed by atoms with E-state index in [1.807, 2.05) is 0 Å². The molecule has 2 heterocycles. The van der Waals surface area contributed by atoms with Crippen LogP contribution in [0.5, 0.6) is 0 Å². The topological polar surface area (TPSA) is 9.86 Å². The molecule has 63 heavy (non-hydrogen) atoms. The molecule has 294 valence electrons. The fourth-order valence-electron chi connectivity index (χ4n) is 10.5. The van der Waals surface area contributed by atoms with Gasteiger partial charge in [-0.3, -0.25) is 0 Å². The lowest BCUT2D eigenvalue weighted by molar-refractivity contribution is 1.02. The highest BCUT2D eigenvalue weighted by Gasteiger charge is 2.30. The van der Waals surface area contributed by atoms with Crippen LogP contribution in [0.15, 0.2) is 237 Å². The summed E-state index contributed by atoms with van der Waals surface area (Å²) in [5.41, 5.74) is 21.1. The van der Waals surface area contributed by atoms with Crippen LogP contribution >= 0.6 is 0 Å². The second-order valence-corrected chi connectivity index (χ2v) is 16.9. The van der Waals surface area contributed by atoms with Crippen molar-refractivity contribution < 1.29 is 0 Å². The number of benzene rings is 10. The molecule has 2 nitrogen and oxygen atoms in total. The van der Waals surface area contributed by atoms with Crippen LogP contribution in [0.3, 0.4) is 0 Å². The van der Waals surface area contributed by atoms with Crippen LogP contribution in [-0.2, 0) is 0 Å². The number of hydrogen-bond donors (Lipinski definition) is 0. The van der Waals surface area contributed by atoms with E-state index in [0.29, 0.717) is 0 Å². The predicted octanol–water partition coefficient (Wildman–Crippen LogP) is 16.0. The first kappa shape index (κ1) is 35.5. The molecule has 0 radical (unpaired) electrons. The van der Waals surface area contributed by atoms with Gasteiger partial charge in [-0.2, -0.15) is 0 Å². The summed E-state index contributed by atoms with van der Waals surface area (Å²) in [6.45, 7) is 0. The first-order chi connectivity index (χ1) is 31.2. The van der Waals surface area contributed by atoms with Crippen molar-refractivity contribution >= 4 is 43.6 Å². The second-order valence-electron chi connectivity index (χ2n) is 16.9. The van der Waals surface area contributed by atoms with Gasteiger partial charge in [-0.15, -0.1) is 0 Å². The van der Waals surface area contributed by atoms with Crippen LogP contribution in [-0.4, -0.2) is 9.13 Å².